The van der Waals surface area contributed by atoms with Crippen molar-refractivity contribution in [1.82, 2.24) is 9.21 Å². The maximum atomic E-state index is 12.0. The Morgan fingerprint density at radius 2 is 1.72 bits per heavy atom. The summed E-state index contributed by atoms with van der Waals surface area (Å²) >= 11 is 0. The first kappa shape index (κ1) is 19.9. The van der Waals surface area contributed by atoms with Crippen LogP contribution in [0, 0.1) is 0 Å². The van der Waals surface area contributed by atoms with Gasteiger partial charge in [0.15, 0.2) is 0 Å². The van der Waals surface area contributed by atoms with Gasteiger partial charge in [0.1, 0.15) is 0 Å². The summed E-state index contributed by atoms with van der Waals surface area (Å²) in [7, 11) is -3.16. The van der Waals surface area contributed by atoms with E-state index < -0.39 is 16.0 Å². The molecule has 1 aromatic rings. The van der Waals surface area contributed by atoms with Crippen LogP contribution in [0.4, 0.5) is 0 Å². The van der Waals surface area contributed by atoms with Gasteiger partial charge in [-0.15, -0.1) is 0 Å². The van der Waals surface area contributed by atoms with Gasteiger partial charge in [-0.3, -0.25) is 9.69 Å². The minimum absolute atomic E-state index is 0.0271. The van der Waals surface area contributed by atoms with E-state index in [1.54, 1.807) is 6.92 Å². The molecule has 0 amide bonds. The smallest absolute Gasteiger partial charge is 0.317 e. The van der Waals surface area contributed by atoms with E-state index in [2.05, 4.69) is 19.1 Å². The summed E-state index contributed by atoms with van der Waals surface area (Å²) in [5.41, 5.74) is 2.34. The highest BCUT2D eigenvalue weighted by Gasteiger charge is 2.30. The topological polar surface area (TPSA) is 77.9 Å². The molecule has 1 aromatic carbocycles. The lowest BCUT2D eigenvalue weighted by Gasteiger charge is -2.37. The number of benzene rings is 1. The fraction of sp³-hybridized carbons (Fsp3) is 0.611. The average Bonchev–Trinajstić information content (AvgIpc) is 2.61. The van der Waals surface area contributed by atoms with E-state index in [0.717, 1.165) is 12.0 Å². The number of hydrogen-bond acceptors (Lipinski definition) is 4. The Labute approximate surface area is 150 Å². The molecule has 1 fully saturated rings. The summed E-state index contributed by atoms with van der Waals surface area (Å²) in [5, 5.41) is 9.25. The highest BCUT2D eigenvalue weighted by Crippen LogP contribution is 2.21. The van der Waals surface area contributed by atoms with E-state index >= 15 is 0 Å². The third kappa shape index (κ3) is 5.52. The lowest BCUT2D eigenvalue weighted by molar-refractivity contribution is -0.139. The van der Waals surface area contributed by atoms with Crippen LogP contribution in [-0.4, -0.2) is 60.1 Å². The number of rotatable bonds is 8. The Morgan fingerprint density at radius 1 is 1.16 bits per heavy atom. The van der Waals surface area contributed by atoms with Gasteiger partial charge in [0, 0.05) is 25.7 Å². The van der Waals surface area contributed by atoms with Crippen molar-refractivity contribution in [3.05, 3.63) is 35.4 Å². The van der Waals surface area contributed by atoms with Crippen molar-refractivity contribution in [3.63, 3.8) is 0 Å². The Bertz CT molecular complexity index is 665. The number of sulfonamides is 1. The molecule has 2 rings (SSSR count). The van der Waals surface area contributed by atoms with Gasteiger partial charge in [0.05, 0.1) is 12.3 Å². The minimum Gasteiger partial charge on any atom is -0.480 e. The van der Waals surface area contributed by atoms with Gasteiger partial charge >= 0.3 is 5.97 Å². The summed E-state index contributed by atoms with van der Waals surface area (Å²) in [6, 6.07) is 8.33. The van der Waals surface area contributed by atoms with Crippen molar-refractivity contribution >= 4 is 16.0 Å². The molecule has 0 saturated carbocycles. The van der Waals surface area contributed by atoms with E-state index in [0.29, 0.717) is 32.5 Å². The number of nitrogens with zero attached hydrogens (tertiary/aromatic N) is 2. The average molecular weight is 368 g/mol. The second kappa shape index (κ2) is 8.78. The van der Waals surface area contributed by atoms with Crippen LogP contribution in [0.1, 0.15) is 37.8 Å². The van der Waals surface area contributed by atoms with Gasteiger partial charge in [-0.2, -0.15) is 0 Å². The molecule has 25 heavy (non-hydrogen) atoms. The molecule has 0 atom stereocenters. The zero-order valence-corrected chi connectivity index (χ0v) is 15.8. The van der Waals surface area contributed by atoms with Crippen molar-refractivity contribution in [2.45, 2.75) is 45.7 Å². The summed E-state index contributed by atoms with van der Waals surface area (Å²) in [6.45, 7) is 5.22. The largest absolute Gasteiger partial charge is 0.480 e. The number of aryl methyl sites for hydroxylation is 1. The molecule has 0 unspecified atom stereocenters. The monoisotopic (exact) mass is 368 g/mol. The lowest BCUT2D eigenvalue weighted by Crippen LogP contribution is -2.48. The van der Waals surface area contributed by atoms with Gasteiger partial charge in [-0.1, -0.05) is 31.2 Å². The van der Waals surface area contributed by atoms with Crippen LogP contribution in [0.3, 0.4) is 0 Å². The second-order valence-electron chi connectivity index (χ2n) is 6.50. The molecule has 0 aliphatic carbocycles. The van der Waals surface area contributed by atoms with Crippen LogP contribution >= 0.6 is 0 Å². The van der Waals surface area contributed by atoms with Gasteiger partial charge < -0.3 is 5.11 Å². The van der Waals surface area contributed by atoms with Crippen LogP contribution in [0.2, 0.25) is 0 Å². The quantitative estimate of drug-likeness (QED) is 0.759. The Morgan fingerprint density at radius 3 is 2.20 bits per heavy atom. The third-order valence-corrected chi connectivity index (χ3v) is 6.73. The maximum absolute atomic E-state index is 12.0. The number of carbonyl (C=O) groups is 1. The van der Waals surface area contributed by atoms with E-state index in [9.17, 15) is 18.3 Å². The van der Waals surface area contributed by atoms with Crippen molar-refractivity contribution in [1.29, 1.82) is 0 Å². The predicted molar refractivity (Wildman–Crippen MR) is 97.9 cm³/mol. The van der Waals surface area contributed by atoms with E-state index in [-0.39, 0.29) is 18.3 Å². The number of piperidine rings is 1. The summed E-state index contributed by atoms with van der Waals surface area (Å²) in [6.07, 6.45) is 2.31. The van der Waals surface area contributed by atoms with E-state index in [1.807, 2.05) is 17.0 Å². The molecule has 0 aromatic heterocycles. The van der Waals surface area contributed by atoms with Gasteiger partial charge in [0.25, 0.3) is 0 Å². The first-order chi connectivity index (χ1) is 11.9. The van der Waals surface area contributed by atoms with E-state index in [1.165, 1.54) is 9.87 Å². The second-order valence-corrected chi connectivity index (χ2v) is 8.76. The Balaban J connectivity index is 2.03. The van der Waals surface area contributed by atoms with Crippen LogP contribution < -0.4 is 0 Å². The molecule has 1 N–H and O–H groups in total. The molecular formula is C18H28N2O4S. The molecular weight excluding hydrogens is 340 g/mol. The molecule has 0 radical (unpaired) electrons. The van der Waals surface area contributed by atoms with E-state index in [4.69, 9.17) is 0 Å². The zero-order valence-electron chi connectivity index (χ0n) is 15.0. The summed E-state index contributed by atoms with van der Waals surface area (Å²) in [5.74, 6) is -0.742. The molecule has 1 aliphatic rings. The highest BCUT2D eigenvalue weighted by atomic mass is 32.2. The van der Waals surface area contributed by atoms with Gasteiger partial charge in [-0.25, -0.2) is 12.7 Å². The maximum Gasteiger partial charge on any atom is 0.317 e. The molecule has 140 valence electrons. The fourth-order valence-corrected chi connectivity index (χ4v) is 4.40. The third-order valence-electron chi connectivity index (χ3n) is 4.85. The van der Waals surface area contributed by atoms with Crippen LogP contribution in [0.5, 0.6) is 0 Å². The normalized spacial score (nSPS) is 17.1. The Kier molecular flexibility index (Phi) is 6.98. The fourth-order valence-electron chi connectivity index (χ4n) is 3.27. The van der Waals surface area contributed by atoms with Crippen LogP contribution in [0.15, 0.2) is 24.3 Å². The van der Waals surface area contributed by atoms with Crippen LogP contribution in [-0.2, 0) is 27.8 Å². The number of aliphatic carboxylic acids is 1. The summed E-state index contributed by atoms with van der Waals surface area (Å²) < 4.78 is 25.5. The van der Waals surface area contributed by atoms with Gasteiger partial charge in [0.2, 0.25) is 10.0 Å². The molecule has 7 heteroatoms. The summed E-state index contributed by atoms with van der Waals surface area (Å²) in [4.78, 5) is 13.2. The van der Waals surface area contributed by atoms with Crippen molar-refractivity contribution in [3.8, 4) is 0 Å². The Hall–Kier alpha value is -1.44. The SMILES string of the molecule is CCc1ccc(CN(CC(=O)O)C2CCN(S(=O)(=O)CC)CC2)cc1. The van der Waals surface area contributed by atoms with Crippen molar-refractivity contribution < 1.29 is 18.3 Å². The molecule has 6 nitrogen and oxygen atoms in total. The highest BCUT2D eigenvalue weighted by molar-refractivity contribution is 7.89. The molecule has 1 saturated heterocycles. The molecule has 1 heterocycles. The standard InChI is InChI=1S/C18H28N2O4S/c1-3-15-5-7-16(8-6-15)13-19(14-18(21)22)17-9-11-20(12-10-17)25(23,24)4-2/h5-8,17H,3-4,9-14H2,1-2H3,(H,21,22). The molecule has 0 bridgehead atoms. The minimum atomic E-state index is -3.16. The van der Waals surface area contributed by atoms with Gasteiger partial charge in [-0.05, 0) is 37.3 Å². The first-order valence-electron chi connectivity index (χ1n) is 8.87. The predicted octanol–water partition coefficient (Wildman–Crippen LogP) is 1.95. The molecule has 1 aliphatic heterocycles. The zero-order chi connectivity index (χ0) is 18.4. The van der Waals surface area contributed by atoms with Crippen molar-refractivity contribution in [2.24, 2.45) is 0 Å². The first-order valence-corrected chi connectivity index (χ1v) is 10.5. The number of carboxylic acid groups (broad SMARTS) is 1. The number of hydrogen-bond donors (Lipinski definition) is 1. The van der Waals surface area contributed by atoms with Crippen molar-refractivity contribution in [2.75, 3.05) is 25.4 Å². The van der Waals surface area contributed by atoms with Crippen LogP contribution in [0.25, 0.3) is 0 Å². The lowest BCUT2D eigenvalue weighted by atomic mass is 10.0. The number of carboxylic acids is 1. The molecule has 0 spiro atoms.